The number of aliphatic hydroxyl groups excluding tert-OH is 1. The topological polar surface area (TPSA) is 123 Å². The Hall–Kier alpha value is -7.20. The zero-order chi connectivity index (χ0) is 47.6. The number of imidazole rings is 1. The number of aliphatic hydroxyl groups is 1. The summed E-state index contributed by atoms with van der Waals surface area (Å²) in [5.74, 6) is -1.87. The maximum absolute atomic E-state index is 15.1. The van der Waals surface area contributed by atoms with E-state index in [9.17, 15) is 14.7 Å². The van der Waals surface area contributed by atoms with E-state index in [1.54, 1.807) is 13.8 Å². The average Bonchev–Trinajstić information content (AvgIpc) is 3.83. The van der Waals surface area contributed by atoms with Gasteiger partial charge < -0.3 is 25.0 Å². The number of aromatic nitrogens is 2. The number of carbonyl (C=O) groups is 3. The van der Waals surface area contributed by atoms with Gasteiger partial charge in [0.1, 0.15) is 5.54 Å². The lowest BCUT2D eigenvalue weighted by atomic mass is 9.77. The molecule has 9 heteroatoms. The highest BCUT2D eigenvalue weighted by molar-refractivity contribution is 6.09. The largest absolute Gasteiger partial charge is 0.461 e. The Balaban J connectivity index is 1.20. The molecule has 0 aliphatic rings. The molecule has 0 aliphatic heterocycles. The van der Waals surface area contributed by atoms with Gasteiger partial charge in [0.05, 0.1) is 30.2 Å². The van der Waals surface area contributed by atoms with E-state index in [1.165, 1.54) is 0 Å². The van der Waals surface area contributed by atoms with Crippen molar-refractivity contribution in [2.24, 2.45) is 11.8 Å². The zero-order valence-corrected chi connectivity index (χ0v) is 39.2. The summed E-state index contributed by atoms with van der Waals surface area (Å²) in [7, 11) is 0. The molecule has 0 radical (unpaired) electrons. The van der Waals surface area contributed by atoms with E-state index in [1.807, 2.05) is 142 Å². The fourth-order valence-electron chi connectivity index (χ4n) is 9.57. The Kier molecular flexibility index (Phi) is 15.0. The van der Waals surface area contributed by atoms with Crippen molar-refractivity contribution < 1.29 is 24.2 Å². The van der Waals surface area contributed by atoms with Crippen molar-refractivity contribution >= 4 is 39.2 Å². The monoisotopic (exact) mass is 904 g/mol. The van der Waals surface area contributed by atoms with E-state index in [0.717, 1.165) is 43.8 Å². The summed E-state index contributed by atoms with van der Waals surface area (Å²) >= 11 is 0. The molecule has 0 spiro atoms. The van der Waals surface area contributed by atoms with Crippen molar-refractivity contribution in [1.82, 2.24) is 20.2 Å². The minimum atomic E-state index is -1.60. The number of fused-ring (bicyclic) bond motifs is 2. The molecule has 3 N–H and O–H groups in total. The molecule has 0 saturated heterocycles. The van der Waals surface area contributed by atoms with Gasteiger partial charge in [-0.1, -0.05) is 190 Å². The fourth-order valence-corrected chi connectivity index (χ4v) is 9.57. The van der Waals surface area contributed by atoms with Crippen LogP contribution >= 0.6 is 0 Å². The Morgan fingerprint density at radius 2 is 1.18 bits per heavy atom. The minimum absolute atomic E-state index is 0.0226. The van der Waals surface area contributed by atoms with Gasteiger partial charge in [-0.15, -0.1) is 0 Å². The van der Waals surface area contributed by atoms with E-state index < -0.39 is 47.6 Å². The molecule has 0 saturated carbocycles. The highest BCUT2D eigenvalue weighted by atomic mass is 16.6. The molecule has 4 atom stereocenters. The van der Waals surface area contributed by atoms with Crippen LogP contribution in [-0.4, -0.2) is 63.2 Å². The SMILES string of the molecule is CC(C)CC(NC(=O)C(Cc1cn(C(c2ccccc2)(c2ccccc2)c2ccccc2)cn1)NCC(Cc1cccc2ccccc12)C(=O)c1cccc2ccccc12)[C@@H](O)C(=O)OC(C)C. The van der Waals surface area contributed by atoms with Crippen LogP contribution in [0.15, 0.2) is 188 Å². The van der Waals surface area contributed by atoms with E-state index in [0.29, 0.717) is 24.1 Å². The minimum Gasteiger partial charge on any atom is -0.461 e. The van der Waals surface area contributed by atoms with Gasteiger partial charge in [-0.2, -0.15) is 0 Å². The second-order valence-corrected chi connectivity index (χ2v) is 18.4. The molecule has 1 amide bonds. The molecule has 3 unspecified atom stereocenters. The molecule has 8 aromatic rings. The first-order chi connectivity index (χ1) is 33.0. The number of nitrogens with one attached hydrogen (secondary N) is 2. The van der Waals surface area contributed by atoms with Crippen molar-refractivity contribution in [3.05, 3.63) is 222 Å². The number of hydrogen-bond acceptors (Lipinski definition) is 7. The first-order valence-electron chi connectivity index (χ1n) is 23.6. The number of amides is 1. The summed E-state index contributed by atoms with van der Waals surface area (Å²) in [6.45, 7) is 7.51. The van der Waals surface area contributed by atoms with Crippen molar-refractivity contribution in [3.63, 3.8) is 0 Å². The first-order valence-corrected chi connectivity index (χ1v) is 23.6. The number of rotatable bonds is 20. The lowest BCUT2D eigenvalue weighted by molar-refractivity contribution is -0.159. The Morgan fingerprint density at radius 1 is 0.647 bits per heavy atom. The van der Waals surface area contributed by atoms with Crippen molar-refractivity contribution in [3.8, 4) is 0 Å². The van der Waals surface area contributed by atoms with Crippen LogP contribution in [0.1, 0.15) is 72.4 Å². The quantitative estimate of drug-likeness (QED) is 0.0396. The van der Waals surface area contributed by atoms with Crippen LogP contribution in [0.4, 0.5) is 0 Å². The molecule has 9 nitrogen and oxygen atoms in total. The molecule has 0 bridgehead atoms. The van der Waals surface area contributed by atoms with Crippen LogP contribution in [0.25, 0.3) is 21.5 Å². The third kappa shape index (κ3) is 10.5. The molecular formula is C59H60N4O5. The number of benzene rings is 7. The van der Waals surface area contributed by atoms with Gasteiger partial charge in [0.25, 0.3) is 0 Å². The second kappa shape index (κ2) is 21.6. The Bertz CT molecular complexity index is 2840. The van der Waals surface area contributed by atoms with E-state index in [2.05, 4.69) is 75.9 Å². The number of Topliss-reactive ketones (excluding diaryl/α,β-unsaturated/α-hetero) is 1. The number of esters is 1. The van der Waals surface area contributed by atoms with E-state index in [4.69, 9.17) is 9.72 Å². The molecule has 0 fully saturated rings. The standard InChI is InChI=1S/C59H60N4O5/c1-40(2)34-53(56(65)58(67)68-41(3)4)62-57(66)54(36-49-38-63(39-61-49)59(46-25-8-5-9-26-46,47-27-10-6-11-28-47)48-29-12-7-13-30-48)60-37-45(35-44-24-18-22-42-20-14-16-31-50(42)44)55(64)52-33-19-23-43-21-15-17-32-51(43)52/h5-33,38-41,45,53-54,56,60,65H,34-37H2,1-4H3,(H,62,66)/t45?,53?,54?,56-/m1/s1. The van der Waals surface area contributed by atoms with Gasteiger partial charge in [0, 0.05) is 30.6 Å². The summed E-state index contributed by atoms with van der Waals surface area (Å²) in [6, 6.07) is 57.0. The van der Waals surface area contributed by atoms with Crippen LogP contribution in [0.3, 0.4) is 0 Å². The fraction of sp³-hybridized carbons (Fsp3) is 0.254. The molecule has 1 heterocycles. The lowest BCUT2D eigenvalue weighted by Crippen LogP contribution is -2.55. The summed E-state index contributed by atoms with van der Waals surface area (Å²) in [5.41, 5.74) is 4.49. The van der Waals surface area contributed by atoms with Gasteiger partial charge in [0.15, 0.2) is 11.9 Å². The maximum Gasteiger partial charge on any atom is 0.337 e. The van der Waals surface area contributed by atoms with Gasteiger partial charge in [-0.05, 0) is 76.4 Å². The van der Waals surface area contributed by atoms with Gasteiger partial charge in [-0.3, -0.25) is 9.59 Å². The van der Waals surface area contributed by atoms with Crippen LogP contribution < -0.4 is 10.6 Å². The number of hydrogen-bond donors (Lipinski definition) is 3. The number of nitrogens with zero attached hydrogens (tertiary/aromatic N) is 2. The third-order valence-electron chi connectivity index (χ3n) is 12.7. The molecular weight excluding hydrogens is 845 g/mol. The number of ketones is 1. The summed E-state index contributed by atoms with van der Waals surface area (Å²) in [6.07, 6.45) is 2.60. The molecule has 0 aliphatic carbocycles. The maximum atomic E-state index is 15.1. The normalized spacial score (nSPS) is 13.6. The zero-order valence-electron chi connectivity index (χ0n) is 39.2. The predicted octanol–water partition coefficient (Wildman–Crippen LogP) is 10.1. The third-order valence-corrected chi connectivity index (χ3v) is 12.7. The van der Waals surface area contributed by atoms with Crippen LogP contribution in [-0.2, 0) is 32.7 Å². The molecule has 7 aromatic carbocycles. The van der Waals surface area contributed by atoms with E-state index >= 15 is 4.79 Å². The van der Waals surface area contributed by atoms with E-state index in [-0.39, 0.29) is 24.7 Å². The van der Waals surface area contributed by atoms with Crippen LogP contribution in [0.2, 0.25) is 0 Å². The Labute approximate surface area is 399 Å². The van der Waals surface area contributed by atoms with Crippen molar-refractivity contribution in [2.45, 2.75) is 76.8 Å². The predicted molar refractivity (Wildman–Crippen MR) is 270 cm³/mol. The van der Waals surface area contributed by atoms with Crippen LogP contribution in [0, 0.1) is 11.8 Å². The first kappa shape index (κ1) is 47.3. The Morgan fingerprint density at radius 3 is 1.76 bits per heavy atom. The van der Waals surface area contributed by atoms with Crippen molar-refractivity contribution in [1.29, 1.82) is 0 Å². The molecule has 346 valence electrons. The van der Waals surface area contributed by atoms with Gasteiger partial charge in [0.2, 0.25) is 5.91 Å². The average molecular weight is 905 g/mol. The molecule has 1 aromatic heterocycles. The number of ether oxygens (including phenoxy) is 1. The lowest BCUT2D eigenvalue weighted by Gasteiger charge is -2.37. The highest BCUT2D eigenvalue weighted by Gasteiger charge is 2.39. The summed E-state index contributed by atoms with van der Waals surface area (Å²) in [5, 5.41) is 22.0. The highest BCUT2D eigenvalue weighted by Crippen LogP contribution is 2.41. The molecule has 8 rings (SSSR count). The smallest absolute Gasteiger partial charge is 0.337 e. The number of carbonyl (C=O) groups excluding carboxylic acids is 3. The molecule has 68 heavy (non-hydrogen) atoms. The van der Waals surface area contributed by atoms with Gasteiger partial charge in [-0.25, -0.2) is 9.78 Å². The van der Waals surface area contributed by atoms with Gasteiger partial charge >= 0.3 is 5.97 Å². The van der Waals surface area contributed by atoms with Crippen molar-refractivity contribution in [2.75, 3.05) is 6.54 Å². The second-order valence-electron chi connectivity index (χ2n) is 18.4. The van der Waals surface area contributed by atoms with Crippen LogP contribution in [0.5, 0.6) is 0 Å². The summed E-state index contributed by atoms with van der Waals surface area (Å²) in [4.78, 5) is 48.2. The summed E-state index contributed by atoms with van der Waals surface area (Å²) < 4.78 is 7.52.